The summed E-state index contributed by atoms with van der Waals surface area (Å²) in [5, 5.41) is -4.72. The number of hydrogen-bond acceptors (Lipinski definition) is 8. The number of halogens is 2. The normalized spacial score (nSPS) is 11.5. The SMILES string of the molecule is C=C(C)C(=O)Oc1ccc(OCC(=O)OCC(F)(F)S(=O)(=O)[O-])cc1. The third kappa shape index (κ3) is 6.47. The molecule has 0 aliphatic rings. The second-order valence-electron chi connectivity index (χ2n) is 4.68. The van der Waals surface area contributed by atoms with Gasteiger partial charge in [0.1, 0.15) is 11.5 Å². The molecule has 0 N–H and O–H groups in total. The minimum atomic E-state index is -5.94. The lowest BCUT2D eigenvalue weighted by atomic mass is 10.3. The van der Waals surface area contributed by atoms with Gasteiger partial charge in [-0.1, -0.05) is 6.58 Å². The van der Waals surface area contributed by atoms with E-state index < -0.39 is 40.5 Å². The lowest BCUT2D eigenvalue weighted by Gasteiger charge is -2.19. The van der Waals surface area contributed by atoms with Gasteiger partial charge in [-0.2, -0.15) is 8.78 Å². The molecule has 0 unspecified atom stereocenters. The molecule has 0 amide bonds. The molecule has 0 fully saturated rings. The molecule has 0 radical (unpaired) electrons. The first-order valence-corrected chi connectivity index (χ1v) is 7.92. The molecule has 0 bridgehead atoms. The van der Waals surface area contributed by atoms with Crippen molar-refractivity contribution in [1.82, 2.24) is 0 Å². The Morgan fingerprint density at radius 3 is 2.20 bits per heavy atom. The lowest BCUT2D eigenvalue weighted by molar-refractivity contribution is -0.152. The summed E-state index contributed by atoms with van der Waals surface area (Å²) in [6, 6.07) is 5.34. The maximum Gasteiger partial charge on any atom is 0.367 e. The Morgan fingerprint density at radius 2 is 1.72 bits per heavy atom. The molecule has 0 aliphatic carbocycles. The van der Waals surface area contributed by atoms with Gasteiger partial charge in [-0.3, -0.25) is 0 Å². The molecule has 11 heteroatoms. The topological polar surface area (TPSA) is 119 Å². The molecule has 1 aromatic carbocycles. The third-order valence-electron chi connectivity index (χ3n) is 2.51. The summed E-state index contributed by atoms with van der Waals surface area (Å²) < 4.78 is 70.1. The predicted molar refractivity (Wildman–Crippen MR) is 78.0 cm³/mol. The zero-order valence-corrected chi connectivity index (χ0v) is 13.7. The molecule has 0 saturated carbocycles. The van der Waals surface area contributed by atoms with Crippen LogP contribution in [0, 0.1) is 0 Å². The maximum absolute atomic E-state index is 12.8. The van der Waals surface area contributed by atoms with Crippen LogP contribution < -0.4 is 9.47 Å². The molecule has 0 heterocycles. The molecule has 25 heavy (non-hydrogen) atoms. The van der Waals surface area contributed by atoms with E-state index in [1.54, 1.807) is 0 Å². The van der Waals surface area contributed by atoms with E-state index in [2.05, 4.69) is 11.3 Å². The fourth-order valence-electron chi connectivity index (χ4n) is 1.22. The second kappa shape index (κ2) is 8.03. The Morgan fingerprint density at radius 1 is 1.20 bits per heavy atom. The van der Waals surface area contributed by atoms with Crippen molar-refractivity contribution in [2.24, 2.45) is 0 Å². The quantitative estimate of drug-likeness (QED) is 0.286. The van der Waals surface area contributed by atoms with Gasteiger partial charge in [0.25, 0.3) is 0 Å². The first-order valence-electron chi connectivity index (χ1n) is 6.52. The van der Waals surface area contributed by atoms with Crippen molar-refractivity contribution in [2.75, 3.05) is 13.2 Å². The van der Waals surface area contributed by atoms with Crippen LogP contribution in [-0.4, -0.2) is 43.4 Å². The lowest BCUT2D eigenvalue weighted by Crippen LogP contribution is -2.35. The van der Waals surface area contributed by atoms with Crippen LogP contribution in [0.2, 0.25) is 0 Å². The average molecular weight is 379 g/mol. The first kappa shape index (κ1) is 20.5. The molecule has 0 aromatic heterocycles. The molecule has 0 atom stereocenters. The van der Waals surface area contributed by atoms with Crippen LogP contribution in [0.3, 0.4) is 0 Å². The van der Waals surface area contributed by atoms with Crippen LogP contribution >= 0.6 is 0 Å². The summed E-state index contributed by atoms with van der Waals surface area (Å²) in [4.78, 5) is 22.5. The Bertz CT molecular complexity index is 756. The zero-order chi connectivity index (χ0) is 19.3. The fraction of sp³-hybridized carbons (Fsp3) is 0.286. The van der Waals surface area contributed by atoms with Crippen LogP contribution in [0.1, 0.15) is 6.92 Å². The Labute approximate surface area is 141 Å². The van der Waals surface area contributed by atoms with Gasteiger partial charge in [-0.15, -0.1) is 0 Å². The second-order valence-corrected chi connectivity index (χ2v) is 6.19. The molecule has 138 valence electrons. The number of rotatable bonds is 8. The number of alkyl halides is 2. The summed E-state index contributed by atoms with van der Waals surface area (Å²) in [7, 11) is -5.94. The van der Waals surface area contributed by atoms with Crippen molar-refractivity contribution in [3.63, 3.8) is 0 Å². The monoisotopic (exact) mass is 379 g/mol. The number of benzene rings is 1. The van der Waals surface area contributed by atoms with E-state index in [4.69, 9.17) is 9.47 Å². The molecule has 1 aromatic rings. The average Bonchev–Trinajstić information content (AvgIpc) is 2.51. The van der Waals surface area contributed by atoms with Crippen LogP contribution in [-0.2, 0) is 24.4 Å². The van der Waals surface area contributed by atoms with Crippen LogP contribution in [0.4, 0.5) is 8.78 Å². The molecule has 8 nitrogen and oxygen atoms in total. The van der Waals surface area contributed by atoms with Gasteiger partial charge in [-0.25, -0.2) is 18.0 Å². The Balaban J connectivity index is 2.49. The highest BCUT2D eigenvalue weighted by atomic mass is 32.2. The van der Waals surface area contributed by atoms with Crippen molar-refractivity contribution < 1.29 is 45.6 Å². The van der Waals surface area contributed by atoms with E-state index in [-0.39, 0.29) is 17.1 Å². The number of carbonyl (C=O) groups is 2. The summed E-state index contributed by atoms with van der Waals surface area (Å²) in [6.07, 6.45) is 0. The van der Waals surface area contributed by atoms with Crippen molar-refractivity contribution in [2.45, 2.75) is 12.2 Å². The van der Waals surface area contributed by atoms with Crippen molar-refractivity contribution in [1.29, 1.82) is 0 Å². The van der Waals surface area contributed by atoms with E-state index in [1.807, 2.05) is 0 Å². The van der Waals surface area contributed by atoms with Gasteiger partial charge in [0.05, 0.1) is 0 Å². The summed E-state index contributed by atoms with van der Waals surface area (Å²) in [6.45, 7) is 2.16. The highest BCUT2D eigenvalue weighted by Gasteiger charge is 2.39. The summed E-state index contributed by atoms with van der Waals surface area (Å²) in [5.41, 5.74) is 0.194. The van der Waals surface area contributed by atoms with Crippen LogP contribution in [0.5, 0.6) is 11.5 Å². The molecular weight excluding hydrogens is 366 g/mol. The first-order chi connectivity index (χ1) is 11.4. The van der Waals surface area contributed by atoms with Crippen molar-refractivity contribution >= 4 is 22.1 Å². The zero-order valence-electron chi connectivity index (χ0n) is 12.9. The van der Waals surface area contributed by atoms with Crippen molar-refractivity contribution in [3.8, 4) is 11.5 Å². The highest BCUT2D eigenvalue weighted by molar-refractivity contribution is 7.86. The number of ether oxygens (including phenoxy) is 3. The minimum absolute atomic E-state index is 0.121. The largest absolute Gasteiger partial charge is 0.743 e. The standard InChI is InChI=1S/C14H14F2O8S/c1-9(2)13(18)24-11-5-3-10(4-6-11)22-7-12(17)23-8-14(15,16)25(19,20)21/h3-6H,1,7-8H2,2H3,(H,19,20,21)/p-1. The molecule has 0 spiro atoms. The minimum Gasteiger partial charge on any atom is -0.743 e. The fourth-order valence-corrected chi connectivity index (χ4v) is 1.42. The highest BCUT2D eigenvalue weighted by Crippen LogP contribution is 2.21. The van der Waals surface area contributed by atoms with E-state index in [0.717, 1.165) is 0 Å². The van der Waals surface area contributed by atoms with Gasteiger partial charge in [0.2, 0.25) is 0 Å². The van der Waals surface area contributed by atoms with Crippen LogP contribution in [0.15, 0.2) is 36.4 Å². The number of carbonyl (C=O) groups excluding carboxylic acids is 2. The van der Waals surface area contributed by atoms with Crippen molar-refractivity contribution in [3.05, 3.63) is 36.4 Å². The van der Waals surface area contributed by atoms with Gasteiger partial charge in [0.15, 0.2) is 23.3 Å². The predicted octanol–water partition coefficient (Wildman–Crippen LogP) is 1.23. The van der Waals surface area contributed by atoms with Crippen LogP contribution in [0.25, 0.3) is 0 Å². The molecule has 0 aliphatic heterocycles. The number of esters is 2. The summed E-state index contributed by atoms with van der Waals surface area (Å²) in [5.74, 6) is -1.63. The smallest absolute Gasteiger partial charge is 0.367 e. The molecule has 1 rings (SSSR count). The maximum atomic E-state index is 12.8. The van der Waals surface area contributed by atoms with Gasteiger partial charge >= 0.3 is 17.2 Å². The summed E-state index contributed by atoms with van der Waals surface area (Å²) >= 11 is 0. The number of hydrogen-bond donors (Lipinski definition) is 0. The van der Waals surface area contributed by atoms with E-state index >= 15 is 0 Å². The third-order valence-corrected chi connectivity index (χ3v) is 3.36. The van der Waals surface area contributed by atoms with Gasteiger partial charge < -0.3 is 18.8 Å². The van der Waals surface area contributed by atoms with Gasteiger partial charge in [0, 0.05) is 5.57 Å². The Hall–Kier alpha value is -2.53. The molecular formula is C14H13F2O8S-. The molecule has 0 saturated heterocycles. The van der Waals surface area contributed by atoms with Gasteiger partial charge in [-0.05, 0) is 31.2 Å². The van der Waals surface area contributed by atoms with E-state index in [1.165, 1.54) is 31.2 Å². The van der Waals surface area contributed by atoms with E-state index in [0.29, 0.717) is 0 Å². The Kier molecular flexibility index (Phi) is 6.59. The van der Waals surface area contributed by atoms with E-state index in [9.17, 15) is 31.3 Å².